The second kappa shape index (κ2) is 8.55. The Hall–Kier alpha value is -1.75. The Morgan fingerprint density at radius 1 is 0.906 bits per heavy atom. The van der Waals surface area contributed by atoms with Crippen LogP contribution in [-0.4, -0.2) is 46.1 Å². The van der Waals surface area contributed by atoms with Gasteiger partial charge in [-0.3, -0.25) is 0 Å². The molecule has 1 aliphatic heterocycles. The second-order valence-corrected chi connectivity index (χ2v) is 12.9. The molecule has 0 bridgehead atoms. The molecule has 174 valence electrons. The van der Waals surface area contributed by atoms with Crippen LogP contribution in [0.3, 0.4) is 0 Å². The fraction of sp³-hybridized carbons (Fsp3) is 0.429. The van der Waals surface area contributed by atoms with Gasteiger partial charge in [0, 0.05) is 18.1 Å². The Morgan fingerprint density at radius 2 is 1.44 bits per heavy atom. The highest BCUT2D eigenvalue weighted by Crippen LogP contribution is 2.53. The molecule has 0 N–H and O–H groups in total. The first-order valence-corrected chi connectivity index (χ1v) is 13.4. The Balaban J connectivity index is 1.38. The van der Waals surface area contributed by atoms with Gasteiger partial charge in [0.05, 0.1) is 15.0 Å². The number of piperidine rings is 1. The Kier molecular flexibility index (Phi) is 6.26. The molecule has 1 spiro atoms. The summed E-state index contributed by atoms with van der Waals surface area (Å²) in [4.78, 5) is 0.257. The van der Waals surface area contributed by atoms with Crippen LogP contribution in [0.25, 0.3) is 0 Å². The van der Waals surface area contributed by atoms with Crippen molar-refractivity contribution in [1.82, 2.24) is 4.31 Å². The van der Waals surface area contributed by atoms with E-state index in [1.54, 1.807) is 0 Å². The fourth-order valence-corrected chi connectivity index (χ4v) is 8.11. The van der Waals surface area contributed by atoms with Crippen molar-refractivity contribution in [2.45, 2.75) is 47.3 Å². The number of sulfonamides is 1. The van der Waals surface area contributed by atoms with Crippen molar-refractivity contribution in [1.29, 1.82) is 0 Å². The molecule has 1 heterocycles. The summed E-state index contributed by atoms with van der Waals surface area (Å²) in [5.41, 5.74) is -0.192. The number of benzene rings is 2. The summed E-state index contributed by atoms with van der Waals surface area (Å²) in [6, 6.07) is 11.0. The number of hydrogen-bond acceptors (Lipinski definition) is 5. The Morgan fingerprint density at radius 3 is 1.97 bits per heavy atom. The lowest BCUT2D eigenvalue weighted by atomic mass is 9.63. The van der Waals surface area contributed by atoms with Crippen LogP contribution in [-0.2, 0) is 19.9 Å². The standard InChI is InChI=1S/C21H22ClF2NO5S2/c22-15-1-5-18(6-2-15)32(28,29)25-11-9-21(10-12-25)13-19(14-21)31(26,27)17-7-3-16(4-8-17)30-20(23)24/h1-8,19-20H,9-14H2. The largest absolute Gasteiger partial charge is 0.435 e. The number of sulfone groups is 1. The summed E-state index contributed by atoms with van der Waals surface area (Å²) in [5.74, 6) is -0.0988. The van der Waals surface area contributed by atoms with Gasteiger partial charge in [-0.05, 0) is 79.6 Å². The van der Waals surface area contributed by atoms with Gasteiger partial charge in [-0.15, -0.1) is 0 Å². The van der Waals surface area contributed by atoms with Crippen LogP contribution in [0.15, 0.2) is 58.3 Å². The number of nitrogens with zero attached hydrogens (tertiary/aromatic N) is 1. The summed E-state index contributed by atoms with van der Waals surface area (Å²) in [6.07, 6.45) is 2.10. The lowest BCUT2D eigenvalue weighted by Crippen LogP contribution is -2.52. The lowest BCUT2D eigenvalue weighted by Gasteiger charge is -2.51. The highest BCUT2D eigenvalue weighted by Gasteiger charge is 2.52. The van der Waals surface area contributed by atoms with Crippen molar-refractivity contribution in [2.24, 2.45) is 5.41 Å². The Bertz CT molecular complexity index is 1170. The van der Waals surface area contributed by atoms with E-state index in [2.05, 4.69) is 4.74 Å². The Labute approximate surface area is 191 Å². The fourth-order valence-electron chi connectivity index (χ4n) is 4.49. The van der Waals surface area contributed by atoms with E-state index in [-0.39, 0.29) is 21.0 Å². The van der Waals surface area contributed by atoms with Crippen molar-refractivity contribution in [3.63, 3.8) is 0 Å². The molecule has 0 amide bonds. The van der Waals surface area contributed by atoms with E-state index >= 15 is 0 Å². The van der Waals surface area contributed by atoms with Crippen LogP contribution in [0.2, 0.25) is 5.02 Å². The molecule has 0 aromatic heterocycles. The molecule has 2 aromatic rings. The number of alkyl halides is 2. The van der Waals surface area contributed by atoms with Crippen LogP contribution >= 0.6 is 11.6 Å². The molecule has 1 aliphatic carbocycles. The molecular weight excluding hydrogens is 484 g/mol. The zero-order valence-corrected chi connectivity index (χ0v) is 19.3. The van der Waals surface area contributed by atoms with E-state index in [9.17, 15) is 25.6 Å². The summed E-state index contributed by atoms with van der Waals surface area (Å²) in [7, 11) is -7.22. The third kappa shape index (κ3) is 4.50. The SMILES string of the molecule is O=S(=O)(c1ccc(OC(F)F)cc1)C1CC2(CCN(S(=O)(=O)c3ccc(Cl)cc3)CC2)C1. The molecule has 11 heteroatoms. The first kappa shape index (κ1) is 23.4. The van der Waals surface area contributed by atoms with E-state index in [1.165, 1.54) is 52.8 Å². The van der Waals surface area contributed by atoms with Crippen molar-refractivity contribution < 1.29 is 30.4 Å². The van der Waals surface area contributed by atoms with Crippen LogP contribution < -0.4 is 4.74 Å². The molecule has 1 saturated heterocycles. The molecule has 2 aliphatic rings. The van der Waals surface area contributed by atoms with E-state index in [4.69, 9.17) is 11.6 Å². The van der Waals surface area contributed by atoms with Crippen molar-refractivity contribution in [3.05, 3.63) is 53.6 Å². The average Bonchev–Trinajstić information content (AvgIpc) is 2.72. The number of halogens is 3. The predicted octanol–water partition coefficient (Wildman–Crippen LogP) is 4.35. The number of rotatable bonds is 6. The number of hydrogen-bond donors (Lipinski definition) is 0. The summed E-state index contributed by atoms with van der Waals surface area (Å²) in [6.45, 7) is -2.31. The smallest absolute Gasteiger partial charge is 0.387 e. The van der Waals surface area contributed by atoms with Crippen LogP contribution in [0.5, 0.6) is 5.75 Å². The quantitative estimate of drug-likeness (QED) is 0.583. The van der Waals surface area contributed by atoms with Crippen molar-refractivity contribution >= 4 is 31.5 Å². The zero-order valence-electron chi connectivity index (χ0n) is 17.0. The van der Waals surface area contributed by atoms with E-state index in [0.717, 1.165) is 0 Å². The van der Waals surface area contributed by atoms with Crippen molar-refractivity contribution in [2.75, 3.05) is 13.1 Å². The van der Waals surface area contributed by atoms with Gasteiger partial charge in [0.15, 0.2) is 9.84 Å². The van der Waals surface area contributed by atoms with E-state index in [1.807, 2.05) is 0 Å². The lowest BCUT2D eigenvalue weighted by molar-refractivity contribution is -0.0498. The molecule has 1 saturated carbocycles. The van der Waals surface area contributed by atoms with Crippen LogP contribution in [0, 0.1) is 5.41 Å². The topological polar surface area (TPSA) is 80.8 Å². The molecule has 32 heavy (non-hydrogen) atoms. The molecular formula is C21H22ClF2NO5S2. The summed E-state index contributed by atoms with van der Waals surface area (Å²) >= 11 is 5.84. The van der Waals surface area contributed by atoms with Gasteiger partial charge < -0.3 is 4.74 Å². The van der Waals surface area contributed by atoms with Gasteiger partial charge >= 0.3 is 6.61 Å². The van der Waals surface area contributed by atoms with Gasteiger partial charge in [0.25, 0.3) is 0 Å². The third-order valence-corrected chi connectivity index (χ3v) is 10.7. The number of ether oxygens (including phenoxy) is 1. The molecule has 4 rings (SSSR count). The molecule has 2 aromatic carbocycles. The zero-order chi connectivity index (χ0) is 23.1. The summed E-state index contributed by atoms with van der Waals surface area (Å²) < 4.78 is 81.8. The van der Waals surface area contributed by atoms with Crippen LogP contribution in [0.1, 0.15) is 25.7 Å². The molecule has 6 nitrogen and oxygen atoms in total. The van der Waals surface area contributed by atoms with Crippen molar-refractivity contribution in [3.8, 4) is 5.75 Å². The molecule has 0 unspecified atom stereocenters. The third-order valence-electron chi connectivity index (χ3n) is 6.37. The normalized spacial score (nSPS) is 19.8. The first-order valence-electron chi connectivity index (χ1n) is 10.1. The van der Waals surface area contributed by atoms with Gasteiger partial charge in [-0.25, -0.2) is 16.8 Å². The average molecular weight is 506 g/mol. The summed E-state index contributed by atoms with van der Waals surface area (Å²) in [5, 5.41) is -0.108. The minimum absolute atomic E-state index is 0.0710. The van der Waals surface area contributed by atoms with E-state index < -0.39 is 31.7 Å². The molecule has 0 radical (unpaired) electrons. The highest BCUT2D eigenvalue weighted by atomic mass is 35.5. The van der Waals surface area contributed by atoms with Gasteiger partial charge in [0.1, 0.15) is 5.75 Å². The van der Waals surface area contributed by atoms with E-state index in [0.29, 0.717) is 43.8 Å². The maximum Gasteiger partial charge on any atom is 0.387 e. The molecule has 2 fully saturated rings. The minimum atomic E-state index is -3.62. The van der Waals surface area contributed by atoms with Gasteiger partial charge in [-0.1, -0.05) is 11.6 Å². The first-order chi connectivity index (χ1) is 15.0. The monoisotopic (exact) mass is 505 g/mol. The minimum Gasteiger partial charge on any atom is -0.435 e. The highest BCUT2D eigenvalue weighted by molar-refractivity contribution is 7.92. The maximum atomic E-state index is 12.9. The maximum absolute atomic E-state index is 12.9. The predicted molar refractivity (Wildman–Crippen MR) is 115 cm³/mol. The van der Waals surface area contributed by atoms with Gasteiger partial charge in [-0.2, -0.15) is 13.1 Å². The van der Waals surface area contributed by atoms with Crippen LogP contribution in [0.4, 0.5) is 8.78 Å². The second-order valence-electron chi connectivity index (χ2n) is 8.28. The van der Waals surface area contributed by atoms with Gasteiger partial charge in [0.2, 0.25) is 10.0 Å². The molecule has 0 atom stereocenters.